The van der Waals surface area contributed by atoms with Gasteiger partial charge in [-0.15, -0.1) is 0 Å². The molecule has 2 aromatic heterocycles. The molecule has 0 saturated heterocycles. The molecule has 0 fully saturated rings. The minimum Gasteiger partial charge on any atom is -0.478 e. The lowest BCUT2D eigenvalue weighted by Crippen LogP contribution is -2.14. The largest absolute Gasteiger partial charge is 0.478 e. The molecule has 1 atom stereocenters. The van der Waals surface area contributed by atoms with Crippen molar-refractivity contribution in [2.24, 2.45) is 7.05 Å². The Bertz CT molecular complexity index is 1690. The van der Waals surface area contributed by atoms with Crippen LogP contribution in [0.25, 0.3) is 33.2 Å². The number of anilines is 1. The highest BCUT2D eigenvalue weighted by atomic mass is 19.1. The molecular weight excluding hydrogens is 449 g/mol. The highest BCUT2D eigenvalue weighted by Gasteiger charge is 2.21. The summed E-state index contributed by atoms with van der Waals surface area (Å²) in [5.41, 5.74) is 2.67. The number of benzene rings is 3. The van der Waals surface area contributed by atoms with E-state index < -0.39 is 17.8 Å². The molecule has 176 valence electrons. The predicted molar refractivity (Wildman–Crippen MR) is 132 cm³/mol. The Morgan fingerprint density at radius 3 is 2.71 bits per heavy atom. The zero-order valence-corrected chi connectivity index (χ0v) is 19.3. The van der Waals surface area contributed by atoms with Gasteiger partial charge in [0.25, 0.3) is 0 Å². The van der Waals surface area contributed by atoms with Gasteiger partial charge in [-0.2, -0.15) is 5.10 Å². The van der Waals surface area contributed by atoms with Crippen molar-refractivity contribution < 1.29 is 18.7 Å². The van der Waals surface area contributed by atoms with Crippen LogP contribution in [0.1, 0.15) is 34.5 Å². The second-order valence-corrected chi connectivity index (χ2v) is 8.55. The summed E-state index contributed by atoms with van der Waals surface area (Å²) in [6.07, 6.45) is 1.88. The van der Waals surface area contributed by atoms with Gasteiger partial charge in [0.15, 0.2) is 5.43 Å². The van der Waals surface area contributed by atoms with Gasteiger partial charge < -0.3 is 14.8 Å². The van der Waals surface area contributed by atoms with Gasteiger partial charge in [0.2, 0.25) is 0 Å². The summed E-state index contributed by atoms with van der Waals surface area (Å²) in [7, 11) is 1.83. The van der Waals surface area contributed by atoms with Gasteiger partial charge >= 0.3 is 5.97 Å². The van der Waals surface area contributed by atoms with Gasteiger partial charge in [-0.1, -0.05) is 12.1 Å². The number of nitrogens with zero attached hydrogens (tertiary/aromatic N) is 2. The van der Waals surface area contributed by atoms with E-state index >= 15 is 0 Å². The van der Waals surface area contributed by atoms with Gasteiger partial charge in [0.1, 0.15) is 17.2 Å². The molecular formula is C27H22FN3O4. The standard InChI is InChI=1S/C27H22FN3O4/c1-14-24(32)21-12-18(28)11-20(15(2)29-23-7-5-4-6-19(23)27(33)34)26(21)35-25(14)16-8-9-22-17(10-16)13-31(3)30-22/h4-13,15,29H,1-3H3,(H,33,34)/t15-/m1/s1. The summed E-state index contributed by atoms with van der Waals surface area (Å²) in [4.78, 5) is 24.9. The van der Waals surface area contributed by atoms with Gasteiger partial charge in [-0.25, -0.2) is 9.18 Å². The van der Waals surface area contributed by atoms with E-state index in [1.165, 1.54) is 18.2 Å². The Morgan fingerprint density at radius 2 is 1.94 bits per heavy atom. The van der Waals surface area contributed by atoms with Crippen LogP contribution >= 0.6 is 0 Å². The number of hydrogen-bond donors (Lipinski definition) is 2. The highest BCUT2D eigenvalue weighted by molar-refractivity contribution is 5.94. The second kappa shape index (κ2) is 8.39. The fourth-order valence-corrected chi connectivity index (χ4v) is 4.37. The van der Waals surface area contributed by atoms with Gasteiger partial charge in [0, 0.05) is 41.0 Å². The average Bonchev–Trinajstić information content (AvgIpc) is 3.20. The molecule has 8 heteroatoms. The molecule has 35 heavy (non-hydrogen) atoms. The lowest BCUT2D eigenvalue weighted by Gasteiger charge is -2.19. The maximum absolute atomic E-state index is 14.6. The van der Waals surface area contributed by atoms with Crippen LogP contribution in [0.15, 0.2) is 70.0 Å². The van der Waals surface area contributed by atoms with Crippen LogP contribution in [0.2, 0.25) is 0 Å². The summed E-state index contributed by atoms with van der Waals surface area (Å²) in [5, 5.41) is 18.0. The topological polar surface area (TPSA) is 97.4 Å². The first-order valence-electron chi connectivity index (χ1n) is 11.0. The van der Waals surface area contributed by atoms with Crippen molar-refractivity contribution in [3.8, 4) is 11.3 Å². The number of para-hydroxylation sites is 1. The lowest BCUT2D eigenvalue weighted by molar-refractivity contribution is 0.0698. The van der Waals surface area contributed by atoms with Crippen LogP contribution < -0.4 is 10.7 Å². The normalized spacial score (nSPS) is 12.2. The molecule has 0 aliphatic rings. The maximum Gasteiger partial charge on any atom is 0.337 e. The number of aryl methyl sites for hydroxylation is 1. The van der Waals surface area contributed by atoms with E-state index in [1.54, 1.807) is 36.7 Å². The van der Waals surface area contributed by atoms with Crippen molar-refractivity contribution in [1.82, 2.24) is 9.78 Å². The molecule has 0 spiro atoms. The van der Waals surface area contributed by atoms with Gasteiger partial charge in [-0.3, -0.25) is 9.48 Å². The van der Waals surface area contributed by atoms with Crippen molar-refractivity contribution in [3.05, 3.63) is 93.5 Å². The number of carboxylic acid groups (broad SMARTS) is 1. The van der Waals surface area contributed by atoms with Crippen molar-refractivity contribution >= 4 is 33.5 Å². The van der Waals surface area contributed by atoms with Crippen LogP contribution in [0, 0.1) is 12.7 Å². The number of rotatable bonds is 5. The average molecular weight is 471 g/mol. The molecule has 5 aromatic rings. The molecule has 0 bridgehead atoms. The van der Waals surface area contributed by atoms with Crippen molar-refractivity contribution in [2.45, 2.75) is 19.9 Å². The van der Waals surface area contributed by atoms with Crippen LogP contribution in [-0.2, 0) is 7.05 Å². The molecule has 0 aliphatic carbocycles. The van der Waals surface area contributed by atoms with E-state index in [-0.39, 0.29) is 22.0 Å². The summed E-state index contributed by atoms with van der Waals surface area (Å²) in [5.74, 6) is -1.28. The number of aromatic carboxylic acids is 1. The highest BCUT2D eigenvalue weighted by Crippen LogP contribution is 2.33. The third-order valence-electron chi connectivity index (χ3n) is 6.09. The number of hydrogen-bond acceptors (Lipinski definition) is 5. The molecule has 2 heterocycles. The number of carbonyl (C=O) groups is 1. The molecule has 0 amide bonds. The molecule has 3 aromatic carbocycles. The van der Waals surface area contributed by atoms with Crippen molar-refractivity contribution in [2.75, 3.05) is 5.32 Å². The predicted octanol–water partition coefficient (Wildman–Crippen LogP) is 5.67. The summed E-state index contributed by atoms with van der Waals surface area (Å²) < 4.78 is 22.6. The molecule has 5 rings (SSSR count). The number of halogens is 1. The molecule has 0 unspecified atom stereocenters. The van der Waals surface area contributed by atoms with E-state index in [0.717, 1.165) is 10.9 Å². The van der Waals surface area contributed by atoms with Gasteiger partial charge in [-0.05, 0) is 56.3 Å². The van der Waals surface area contributed by atoms with E-state index in [0.29, 0.717) is 28.1 Å². The molecule has 7 nitrogen and oxygen atoms in total. The Morgan fingerprint density at radius 1 is 1.17 bits per heavy atom. The minimum atomic E-state index is -1.08. The summed E-state index contributed by atoms with van der Waals surface area (Å²) >= 11 is 0. The number of nitrogens with one attached hydrogen (secondary N) is 1. The Labute approximate surface area is 199 Å². The molecule has 0 radical (unpaired) electrons. The van der Waals surface area contributed by atoms with Crippen molar-refractivity contribution in [3.63, 3.8) is 0 Å². The Hall–Kier alpha value is -4.46. The van der Waals surface area contributed by atoms with Crippen LogP contribution in [0.3, 0.4) is 0 Å². The smallest absolute Gasteiger partial charge is 0.337 e. The zero-order valence-electron chi connectivity index (χ0n) is 19.3. The van der Waals surface area contributed by atoms with E-state index in [2.05, 4.69) is 10.4 Å². The fraction of sp³-hybridized carbons (Fsp3) is 0.148. The Kier molecular flexibility index (Phi) is 5.36. The van der Waals surface area contributed by atoms with E-state index in [1.807, 2.05) is 31.4 Å². The third kappa shape index (κ3) is 3.93. The maximum atomic E-state index is 14.6. The Balaban J connectivity index is 1.68. The number of carboxylic acids is 1. The summed E-state index contributed by atoms with van der Waals surface area (Å²) in [6, 6.07) is 14.0. The monoisotopic (exact) mass is 471 g/mol. The quantitative estimate of drug-likeness (QED) is 0.343. The number of fused-ring (bicyclic) bond motifs is 2. The SMILES string of the molecule is Cc1c(-c2ccc3nn(C)cc3c2)oc2c([C@@H](C)Nc3ccccc3C(=O)O)cc(F)cc2c1=O. The van der Waals surface area contributed by atoms with E-state index in [9.17, 15) is 19.1 Å². The first-order chi connectivity index (χ1) is 16.7. The first-order valence-corrected chi connectivity index (χ1v) is 11.0. The fourth-order valence-electron chi connectivity index (χ4n) is 4.37. The minimum absolute atomic E-state index is 0.0859. The molecule has 0 saturated carbocycles. The van der Waals surface area contributed by atoms with Crippen LogP contribution in [0.5, 0.6) is 0 Å². The number of aromatic nitrogens is 2. The summed E-state index contributed by atoms with van der Waals surface area (Å²) in [6.45, 7) is 3.41. The molecule has 2 N–H and O–H groups in total. The second-order valence-electron chi connectivity index (χ2n) is 8.55. The van der Waals surface area contributed by atoms with Gasteiger partial charge in [0.05, 0.1) is 22.5 Å². The first kappa shape index (κ1) is 22.3. The van der Waals surface area contributed by atoms with Crippen molar-refractivity contribution in [1.29, 1.82) is 0 Å². The van der Waals surface area contributed by atoms with E-state index in [4.69, 9.17) is 4.42 Å². The third-order valence-corrected chi connectivity index (χ3v) is 6.09. The lowest BCUT2D eigenvalue weighted by atomic mass is 10.00. The van der Waals surface area contributed by atoms with Crippen LogP contribution in [-0.4, -0.2) is 20.9 Å². The zero-order chi connectivity index (χ0) is 24.9. The van der Waals surface area contributed by atoms with Crippen LogP contribution in [0.4, 0.5) is 10.1 Å². The molecule has 0 aliphatic heterocycles.